The molecule has 3 aromatic heterocycles. The van der Waals surface area contributed by atoms with Gasteiger partial charge >= 0.3 is 0 Å². The van der Waals surface area contributed by atoms with Crippen molar-refractivity contribution in [3.8, 4) is 0 Å². The zero-order chi connectivity index (χ0) is 20.7. The van der Waals surface area contributed by atoms with E-state index in [2.05, 4.69) is 31.9 Å². The number of nitrogen functional groups attached to an aromatic ring is 1. The summed E-state index contributed by atoms with van der Waals surface area (Å²) in [6.45, 7) is 4.07. The highest BCUT2D eigenvalue weighted by Crippen LogP contribution is 2.31. The van der Waals surface area contributed by atoms with Crippen LogP contribution in [0.1, 0.15) is 9.75 Å². The summed E-state index contributed by atoms with van der Waals surface area (Å²) in [5, 5.41) is 2.88. The number of piperazine rings is 1. The lowest BCUT2D eigenvalue weighted by Crippen LogP contribution is -2.52. The van der Waals surface area contributed by atoms with E-state index in [1.54, 1.807) is 22.7 Å². The highest BCUT2D eigenvalue weighted by Gasteiger charge is 2.27. The number of nitrogens with two attached hydrogens (primary N) is 1. The van der Waals surface area contributed by atoms with Crippen LogP contribution in [0.3, 0.4) is 0 Å². The quantitative estimate of drug-likeness (QED) is 0.456. The van der Waals surface area contributed by atoms with Gasteiger partial charge in [-0.15, -0.1) is 22.7 Å². The Morgan fingerprint density at radius 1 is 1.13 bits per heavy atom. The van der Waals surface area contributed by atoms with Crippen molar-refractivity contribution in [2.45, 2.75) is 19.1 Å². The molecule has 1 aromatic carbocycles. The summed E-state index contributed by atoms with van der Waals surface area (Å²) in [4.78, 5) is 28.1. The molecular weight excluding hydrogens is 438 g/mol. The minimum Gasteiger partial charge on any atom is -0.383 e. The van der Waals surface area contributed by atoms with Gasteiger partial charge in [-0.3, -0.25) is 9.80 Å². The third-order valence-electron chi connectivity index (χ3n) is 5.46. The lowest BCUT2D eigenvalue weighted by molar-refractivity contribution is -0.115. The zero-order valence-corrected chi connectivity index (χ0v) is 18.5. The first kappa shape index (κ1) is 19.8. The molecule has 1 saturated heterocycles. The number of aromatic nitrogens is 2. The lowest BCUT2D eigenvalue weighted by atomic mass is 10.1. The van der Waals surface area contributed by atoms with Crippen molar-refractivity contribution < 1.29 is 4.79 Å². The Morgan fingerprint density at radius 2 is 2.00 bits per heavy atom. The number of fused-ring (bicyclic) bond motifs is 2. The third-order valence-corrected chi connectivity index (χ3v) is 7.80. The molecule has 1 aliphatic heterocycles. The molecule has 4 heterocycles. The van der Waals surface area contributed by atoms with Gasteiger partial charge in [-0.2, -0.15) is 0 Å². The minimum atomic E-state index is -0.129. The minimum absolute atomic E-state index is 0.129. The van der Waals surface area contributed by atoms with E-state index in [4.69, 9.17) is 17.3 Å². The van der Waals surface area contributed by atoms with Gasteiger partial charge in [0.1, 0.15) is 23.3 Å². The Bertz CT molecular complexity index is 1220. The van der Waals surface area contributed by atoms with E-state index in [0.29, 0.717) is 5.82 Å². The molecule has 0 saturated carbocycles. The third kappa shape index (κ3) is 3.93. The van der Waals surface area contributed by atoms with Crippen LogP contribution in [0.25, 0.3) is 20.3 Å². The van der Waals surface area contributed by atoms with E-state index in [1.165, 1.54) is 21.3 Å². The second-order valence-corrected chi connectivity index (χ2v) is 10.2. The van der Waals surface area contributed by atoms with Crippen molar-refractivity contribution in [1.82, 2.24) is 19.8 Å². The van der Waals surface area contributed by atoms with Crippen LogP contribution in [-0.4, -0.2) is 51.7 Å². The topological polar surface area (TPSA) is 75.3 Å². The smallest absolute Gasteiger partial charge is 0.138 e. The van der Waals surface area contributed by atoms with Gasteiger partial charge in [0, 0.05) is 52.2 Å². The normalized spacial score (nSPS) is 18.4. The van der Waals surface area contributed by atoms with Crippen LogP contribution in [0, 0.1) is 0 Å². The van der Waals surface area contributed by atoms with Crippen LogP contribution < -0.4 is 5.73 Å². The first-order valence-electron chi connectivity index (χ1n) is 9.67. The molecule has 0 amide bonds. The monoisotopic (exact) mass is 457 g/mol. The standard InChI is InChI=1S/C21H20ClN5OS2/c22-14-2-1-13-5-16(29-19(13)6-14)9-26-3-4-27(15(8-26)11-28)10-17-7-18-20(23)24-12-25-21(18)30-17/h1-2,5-7,11-12,15H,3-4,8-10H2,(H2,23,24,25). The molecule has 2 N–H and O–H groups in total. The van der Waals surface area contributed by atoms with E-state index in [0.717, 1.165) is 59.1 Å². The fourth-order valence-electron chi connectivity index (χ4n) is 3.94. The second kappa shape index (κ2) is 8.20. The molecule has 9 heteroatoms. The Morgan fingerprint density at radius 3 is 2.83 bits per heavy atom. The van der Waals surface area contributed by atoms with E-state index in [9.17, 15) is 4.79 Å². The summed E-state index contributed by atoms with van der Waals surface area (Å²) in [6.07, 6.45) is 2.56. The molecule has 0 aliphatic carbocycles. The van der Waals surface area contributed by atoms with Crippen LogP contribution >= 0.6 is 34.3 Å². The number of thiophene rings is 2. The molecule has 1 atom stereocenters. The summed E-state index contributed by atoms with van der Waals surface area (Å²) in [7, 11) is 0. The number of aldehydes is 1. The molecule has 154 valence electrons. The van der Waals surface area contributed by atoms with Crippen LogP contribution in [0.4, 0.5) is 5.82 Å². The number of nitrogens with zero attached hydrogens (tertiary/aromatic N) is 4. The molecule has 4 aromatic rings. The van der Waals surface area contributed by atoms with Gasteiger partial charge in [0.15, 0.2) is 0 Å². The summed E-state index contributed by atoms with van der Waals surface area (Å²) < 4.78 is 1.20. The first-order valence-corrected chi connectivity index (χ1v) is 11.7. The molecule has 5 rings (SSSR count). The van der Waals surface area contributed by atoms with Crippen molar-refractivity contribution in [3.05, 3.63) is 51.4 Å². The molecule has 0 radical (unpaired) electrons. The molecule has 1 unspecified atom stereocenters. The summed E-state index contributed by atoms with van der Waals surface area (Å²) in [5.74, 6) is 0.504. The number of rotatable bonds is 5. The van der Waals surface area contributed by atoms with Crippen LogP contribution in [0.5, 0.6) is 0 Å². The van der Waals surface area contributed by atoms with Gasteiger partial charge < -0.3 is 10.5 Å². The molecule has 6 nitrogen and oxygen atoms in total. The van der Waals surface area contributed by atoms with E-state index in [-0.39, 0.29) is 6.04 Å². The predicted octanol–water partition coefficient (Wildman–Crippen LogP) is 4.03. The van der Waals surface area contributed by atoms with Gasteiger partial charge in [-0.25, -0.2) is 9.97 Å². The maximum absolute atomic E-state index is 11.8. The molecular formula is C21H20ClN5OS2. The average molecular weight is 458 g/mol. The fourth-order valence-corrected chi connectivity index (χ4v) is 6.35. The number of halogens is 1. The van der Waals surface area contributed by atoms with Crippen molar-refractivity contribution >= 4 is 66.7 Å². The second-order valence-electron chi connectivity index (χ2n) is 7.49. The maximum Gasteiger partial charge on any atom is 0.138 e. The average Bonchev–Trinajstić information content (AvgIpc) is 3.32. The Hall–Kier alpha value is -2.10. The SMILES string of the molecule is Nc1ncnc2sc(CN3CCN(Cc4cc5ccc(Cl)cc5s4)CC3C=O)cc12. The molecule has 1 aliphatic rings. The zero-order valence-electron chi connectivity index (χ0n) is 16.1. The van der Waals surface area contributed by atoms with Crippen molar-refractivity contribution in [2.24, 2.45) is 0 Å². The summed E-state index contributed by atoms with van der Waals surface area (Å²) in [5.41, 5.74) is 5.96. The fraction of sp³-hybridized carbons (Fsp3) is 0.286. The van der Waals surface area contributed by atoms with Crippen molar-refractivity contribution in [2.75, 3.05) is 25.4 Å². The van der Waals surface area contributed by atoms with Gasteiger partial charge in [-0.1, -0.05) is 17.7 Å². The first-order chi connectivity index (χ1) is 14.6. The van der Waals surface area contributed by atoms with Crippen LogP contribution in [0.2, 0.25) is 5.02 Å². The van der Waals surface area contributed by atoms with Crippen LogP contribution in [0.15, 0.2) is 36.7 Å². The molecule has 30 heavy (non-hydrogen) atoms. The van der Waals surface area contributed by atoms with Gasteiger partial charge in [0.05, 0.1) is 11.4 Å². The van der Waals surface area contributed by atoms with Gasteiger partial charge in [-0.05, 0) is 29.7 Å². The van der Waals surface area contributed by atoms with Gasteiger partial charge in [0.25, 0.3) is 0 Å². The Kier molecular flexibility index (Phi) is 5.43. The number of anilines is 1. The highest BCUT2D eigenvalue weighted by molar-refractivity contribution is 7.19. The van der Waals surface area contributed by atoms with E-state index >= 15 is 0 Å². The predicted molar refractivity (Wildman–Crippen MR) is 124 cm³/mol. The summed E-state index contributed by atoms with van der Waals surface area (Å²) in [6, 6.07) is 10.1. The summed E-state index contributed by atoms with van der Waals surface area (Å²) >= 11 is 9.50. The number of carbonyl (C=O) groups is 1. The number of benzene rings is 1. The molecule has 1 fully saturated rings. The number of hydrogen-bond donors (Lipinski definition) is 1. The molecule has 0 spiro atoms. The molecule has 0 bridgehead atoms. The lowest BCUT2D eigenvalue weighted by Gasteiger charge is -2.38. The highest BCUT2D eigenvalue weighted by atomic mass is 35.5. The van der Waals surface area contributed by atoms with E-state index < -0.39 is 0 Å². The maximum atomic E-state index is 11.8. The van der Waals surface area contributed by atoms with E-state index in [1.807, 2.05) is 18.2 Å². The van der Waals surface area contributed by atoms with Crippen molar-refractivity contribution in [3.63, 3.8) is 0 Å². The van der Waals surface area contributed by atoms with Crippen molar-refractivity contribution in [1.29, 1.82) is 0 Å². The number of carbonyl (C=O) groups excluding carboxylic acids is 1. The van der Waals surface area contributed by atoms with Gasteiger partial charge in [0.2, 0.25) is 0 Å². The Labute approximate surface area is 186 Å². The Balaban J connectivity index is 1.27. The largest absolute Gasteiger partial charge is 0.383 e. The van der Waals surface area contributed by atoms with Crippen LogP contribution in [-0.2, 0) is 17.9 Å². The number of hydrogen-bond acceptors (Lipinski definition) is 8.